The van der Waals surface area contributed by atoms with Crippen LogP contribution in [0.5, 0.6) is 17.2 Å². The zero-order valence-electron chi connectivity index (χ0n) is 14.3. The van der Waals surface area contributed by atoms with Gasteiger partial charge in [0.25, 0.3) is 0 Å². The number of rotatable bonds is 8. The summed E-state index contributed by atoms with van der Waals surface area (Å²) in [6, 6.07) is 4.45. The molecule has 0 bridgehead atoms. The Labute approximate surface area is 138 Å². The molecular formula is C17H28N2O4. The summed E-state index contributed by atoms with van der Waals surface area (Å²) in [5.74, 6) is 2.00. The Bertz CT molecular complexity index is 470. The molecule has 0 radical (unpaired) electrons. The molecule has 1 saturated heterocycles. The SMILES string of the molecule is COc1cc(CN2CCNC(CCCO)C2)cc(OC)c1OC. The number of nitrogens with one attached hydrogen (secondary N) is 1. The van der Waals surface area contributed by atoms with Crippen molar-refractivity contribution in [3.05, 3.63) is 17.7 Å². The van der Waals surface area contributed by atoms with E-state index in [1.807, 2.05) is 12.1 Å². The van der Waals surface area contributed by atoms with E-state index in [1.165, 1.54) is 0 Å². The number of aliphatic hydroxyl groups excluding tert-OH is 1. The van der Waals surface area contributed by atoms with Crippen LogP contribution in [-0.2, 0) is 6.54 Å². The number of methoxy groups -OCH3 is 3. The maximum atomic E-state index is 8.98. The Morgan fingerprint density at radius 3 is 2.43 bits per heavy atom. The Kier molecular flexibility index (Phi) is 6.95. The smallest absolute Gasteiger partial charge is 0.203 e. The van der Waals surface area contributed by atoms with E-state index < -0.39 is 0 Å². The summed E-state index contributed by atoms with van der Waals surface area (Å²) >= 11 is 0. The molecule has 0 amide bonds. The summed E-state index contributed by atoms with van der Waals surface area (Å²) in [7, 11) is 4.88. The van der Waals surface area contributed by atoms with Crippen molar-refractivity contribution in [1.82, 2.24) is 10.2 Å². The molecular weight excluding hydrogens is 296 g/mol. The van der Waals surface area contributed by atoms with Crippen LogP contribution in [0.25, 0.3) is 0 Å². The fraction of sp³-hybridized carbons (Fsp3) is 0.647. The van der Waals surface area contributed by atoms with Gasteiger partial charge >= 0.3 is 0 Å². The lowest BCUT2D eigenvalue weighted by molar-refractivity contribution is 0.178. The van der Waals surface area contributed by atoms with Crippen LogP contribution < -0.4 is 19.5 Å². The van der Waals surface area contributed by atoms with Gasteiger partial charge in [-0.05, 0) is 30.5 Å². The second-order valence-corrected chi connectivity index (χ2v) is 5.79. The number of piperazine rings is 1. The number of hydrogen-bond acceptors (Lipinski definition) is 6. The van der Waals surface area contributed by atoms with Gasteiger partial charge in [0.15, 0.2) is 11.5 Å². The Morgan fingerprint density at radius 2 is 1.87 bits per heavy atom. The van der Waals surface area contributed by atoms with Crippen molar-refractivity contribution in [3.63, 3.8) is 0 Å². The first kappa shape index (κ1) is 17.8. The lowest BCUT2D eigenvalue weighted by atomic mass is 10.1. The van der Waals surface area contributed by atoms with Crippen molar-refractivity contribution in [3.8, 4) is 17.2 Å². The van der Waals surface area contributed by atoms with Gasteiger partial charge in [0, 0.05) is 38.8 Å². The summed E-state index contributed by atoms with van der Waals surface area (Å²) in [5, 5.41) is 12.5. The molecule has 130 valence electrons. The lowest BCUT2D eigenvalue weighted by Gasteiger charge is -2.34. The van der Waals surface area contributed by atoms with Gasteiger partial charge in [0.2, 0.25) is 5.75 Å². The van der Waals surface area contributed by atoms with Gasteiger partial charge in [-0.3, -0.25) is 4.90 Å². The van der Waals surface area contributed by atoms with Crippen molar-refractivity contribution in [1.29, 1.82) is 0 Å². The van der Waals surface area contributed by atoms with E-state index in [2.05, 4.69) is 10.2 Å². The van der Waals surface area contributed by atoms with Crippen LogP contribution >= 0.6 is 0 Å². The first-order chi connectivity index (χ1) is 11.2. The molecule has 2 rings (SSSR count). The second kappa shape index (κ2) is 8.96. The van der Waals surface area contributed by atoms with E-state index in [-0.39, 0.29) is 6.61 Å². The molecule has 0 aliphatic carbocycles. The number of benzene rings is 1. The summed E-state index contributed by atoms with van der Waals surface area (Å²) in [6.45, 7) is 4.06. The average Bonchev–Trinajstić information content (AvgIpc) is 2.59. The molecule has 1 aromatic rings. The second-order valence-electron chi connectivity index (χ2n) is 5.79. The van der Waals surface area contributed by atoms with E-state index in [1.54, 1.807) is 21.3 Å². The zero-order valence-corrected chi connectivity index (χ0v) is 14.3. The normalized spacial score (nSPS) is 18.7. The van der Waals surface area contributed by atoms with E-state index in [0.717, 1.165) is 44.6 Å². The van der Waals surface area contributed by atoms with E-state index in [9.17, 15) is 0 Å². The Morgan fingerprint density at radius 1 is 1.17 bits per heavy atom. The van der Waals surface area contributed by atoms with Crippen molar-refractivity contribution in [2.45, 2.75) is 25.4 Å². The number of hydrogen-bond donors (Lipinski definition) is 2. The minimum Gasteiger partial charge on any atom is -0.493 e. The minimum absolute atomic E-state index is 0.255. The van der Waals surface area contributed by atoms with Gasteiger partial charge in [-0.25, -0.2) is 0 Å². The number of ether oxygens (including phenoxy) is 3. The van der Waals surface area contributed by atoms with Gasteiger partial charge in [-0.2, -0.15) is 0 Å². The largest absolute Gasteiger partial charge is 0.493 e. The summed E-state index contributed by atoms with van der Waals surface area (Å²) in [4.78, 5) is 2.42. The fourth-order valence-electron chi connectivity index (χ4n) is 3.05. The van der Waals surface area contributed by atoms with Crippen LogP contribution in [0.4, 0.5) is 0 Å². The van der Waals surface area contributed by atoms with Gasteiger partial charge in [0.1, 0.15) is 0 Å². The third-order valence-corrected chi connectivity index (χ3v) is 4.18. The molecule has 1 atom stereocenters. The summed E-state index contributed by atoms with van der Waals surface area (Å²) in [6.07, 6.45) is 1.85. The molecule has 0 saturated carbocycles. The van der Waals surface area contributed by atoms with Crippen molar-refractivity contribution >= 4 is 0 Å². The topological polar surface area (TPSA) is 63.2 Å². The number of nitrogens with zero attached hydrogens (tertiary/aromatic N) is 1. The van der Waals surface area contributed by atoms with Gasteiger partial charge < -0.3 is 24.6 Å². The third kappa shape index (κ3) is 4.73. The van der Waals surface area contributed by atoms with E-state index >= 15 is 0 Å². The highest BCUT2D eigenvalue weighted by atomic mass is 16.5. The van der Waals surface area contributed by atoms with Crippen LogP contribution in [-0.4, -0.2) is 63.6 Å². The highest BCUT2D eigenvalue weighted by molar-refractivity contribution is 5.53. The van der Waals surface area contributed by atoms with Crippen molar-refractivity contribution < 1.29 is 19.3 Å². The molecule has 1 aliphatic rings. The molecule has 0 spiro atoms. The van der Waals surface area contributed by atoms with Crippen LogP contribution in [0.1, 0.15) is 18.4 Å². The van der Waals surface area contributed by atoms with E-state index in [4.69, 9.17) is 19.3 Å². The fourth-order valence-corrected chi connectivity index (χ4v) is 3.05. The first-order valence-corrected chi connectivity index (χ1v) is 8.07. The summed E-state index contributed by atoms with van der Waals surface area (Å²) in [5.41, 5.74) is 1.14. The zero-order chi connectivity index (χ0) is 16.7. The highest BCUT2D eigenvalue weighted by Crippen LogP contribution is 2.38. The van der Waals surface area contributed by atoms with Crippen LogP contribution in [0.3, 0.4) is 0 Å². The third-order valence-electron chi connectivity index (χ3n) is 4.18. The van der Waals surface area contributed by atoms with Gasteiger partial charge in [0.05, 0.1) is 21.3 Å². The summed E-state index contributed by atoms with van der Waals surface area (Å²) < 4.78 is 16.2. The first-order valence-electron chi connectivity index (χ1n) is 8.07. The standard InChI is InChI=1S/C17H28N2O4/c1-21-15-9-13(10-16(22-2)17(15)23-3)11-19-7-6-18-14(12-19)5-4-8-20/h9-10,14,18,20H,4-8,11-12H2,1-3H3. The van der Waals surface area contributed by atoms with Crippen LogP contribution in [0, 0.1) is 0 Å². The molecule has 1 aromatic carbocycles. The Hall–Kier alpha value is -1.50. The maximum Gasteiger partial charge on any atom is 0.203 e. The molecule has 23 heavy (non-hydrogen) atoms. The molecule has 0 aromatic heterocycles. The minimum atomic E-state index is 0.255. The molecule has 1 unspecified atom stereocenters. The van der Waals surface area contributed by atoms with Crippen molar-refractivity contribution in [2.75, 3.05) is 47.6 Å². The van der Waals surface area contributed by atoms with Crippen molar-refractivity contribution in [2.24, 2.45) is 0 Å². The highest BCUT2D eigenvalue weighted by Gasteiger charge is 2.20. The molecule has 1 fully saturated rings. The van der Waals surface area contributed by atoms with Gasteiger partial charge in [-0.1, -0.05) is 0 Å². The van der Waals surface area contributed by atoms with Gasteiger partial charge in [-0.15, -0.1) is 0 Å². The Balaban J connectivity index is 2.07. The predicted octanol–water partition coefficient (Wildman–Crippen LogP) is 1.26. The monoisotopic (exact) mass is 324 g/mol. The molecule has 1 heterocycles. The predicted molar refractivity (Wildman–Crippen MR) is 89.5 cm³/mol. The van der Waals surface area contributed by atoms with E-state index in [0.29, 0.717) is 23.3 Å². The maximum absolute atomic E-state index is 8.98. The molecule has 6 nitrogen and oxygen atoms in total. The number of aliphatic hydroxyl groups is 1. The quantitative estimate of drug-likeness (QED) is 0.751. The van der Waals surface area contributed by atoms with Crippen LogP contribution in [0.2, 0.25) is 0 Å². The van der Waals surface area contributed by atoms with Crippen LogP contribution in [0.15, 0.2) is 12.1 Å². The molecule has 6 heteroatoms. The molecule has 1 aliphatic heterocycles. The average molecular weight is 324 g/mol. The molecule has 2 N–H and O–H groups in total. The lowest BCUT2D eigenvalue weighted by Crippen LogP contribution is -2.50.